The minimum absolute atomic E-state index is 0.0796. The predicted octanol–water partition coefficient (Wildman–Crippen LogP) is 11.1. The number of anilines is 1. The van der Waals surface area contributed by atoms with E-state index in [0.717, 1.165) is 68.0 Å². The average molecular weight is 1160 g/mol. The molecule has 2 heterocycles. The van der Waals surface area contributed by atoms with Crippen LogP contribution in [0.5, 0.6) is 0 Å². The first-order valence-corrected chi connectivity index (χ1v) is 32.3. The largest absolute Gasteiger partial charge is 0.481 e. The van der Waals surface area contributed by atoms with Crippen LogP contribution >= 0.6 is 15.6 Å². The highest BCUT2D eigenvalue weighted by Crippen LogP contribution is 2.60. The van der Waals surface area contributed by atoms with Crippen molar-refractivity contribution in [3.63, 3.8) is 0 Å². The Balaban J connectivity index is 1.79. The second-order valence-electron chi connectivity index (χ2n) is 20.8. The molecule has 2 rings (SSSR count). The summed E-state index contributed by atoms with van der Waals surface area (Å²) in [6.45, 7) is 4.24. The van der Waals surface area contributed by atoms with Crippen molar-refractivity contribution in [3.05, 3.63) is 71.4 Å². The number of hydrogen-bond acceptors (Lipinski definition) is 17. The Morgan fingerprint density at radius 1 is 0.696 bits per heavy atom. The summed E-state index contributed by atoms with van der Waals surface area (Å²) in [6, 6.07) is 1.24. The molecule has 454 valence electrons. The summed E-state index contributed by atoms with van der Waals surface area (Å²) in [5, 5.41) is 41.3. The maximum atomic E-state index is 12.9. The van der Waals surface area contributed by atoms with Crippen molar-refractivity contribution in [1.82, 2.24) is 9.55 Å². The molecule has 0 amide bonds. The second-order valence-corrected chi connectivity index (χ2v) is 23.8. The fraction of sp³-hybridized carbons (Fsp3) is 0.754. The number of nitrogen functional groups attached to an aromatic ring is 1. The highest BCUT2D eigenvalue weighted by Gasteiger charge is 2.46. The third-order valence-corrected chi connectivity index (χ3v) is 16.3. The average Bonchev–Trinajstić information content (AvgIpc) is 3.71. The maximum absolute atomic E-state index is 12.9. The van der Waals surface area contributed by atoms with E-state index in [0.29, 0.717) is 12.8 Å². The van der Waals surface area contributed by atoms with Crippen molar-refractivity contribution in [2.45, 2.75) is 250 Å². The van der Waals surface area contributed by atoms with Gasteiger partial charge in [0, 0.05) is 19.0 Å². The van der Waals surface area contributed by atoms with Gasteiger partial charge in [-0.1, -0.05) is 211 Å². The molecule has 1 fully saturated rings. The molecular weight excluding hydrogens is 1060 g/mol. The molecule has 1 saturated heterocycles. The third kappa shape index (κ3) is 36.0. The molecule has 3 unspecified atom stereocenters. The van der Waals surface area contributed by atoms with Crippen molar-refractivity contribution in [1.29, 1.82) is 0 Å². The Morgan fingerprint density at radius 3 is 1.75 bits per heavy atom. The Hall–Kier alpha value is -3.36. The number of unbranched alkanes of at least 4 members (excludes halogenated alkanes) is 19. The molecule has 8 N–H and O–H groups in total. The predicted molar refractivity (Wildman–Crippen MR) is 305 cm³/mol. The van der Waals surface area contributed by atoms with Crippen molar-refractivity contribution < 1.29 is 76.5 Å². The normalized spacial score (nSPS) is 20.0. The van der Waals surface area contributed by atoms with Gasteiger partial charge in [0.25, 0.3) is 0 Å². The minimum atomic E-state index is -5.49. The lowest BCUT2D eigenvalue weighted by Crippen LogP contribution is -2.36. The van der Waals surface area contributed by atoms with Crippen LogP contribution in [-0.4, -0.2) is 108 Å². The fourth-order valence-electron chi connectivity index (χ4n) is 8.68. The first kappa shape index (κ1) is 71.7. The van der Waals surface area contributed by atoms with Gasteiger partial charge in [-0.3, -0.25) is 23.2 Å². The number of ether oxygens (including phenoxy) is 3. The molecule has 79 heavy (non-hydrogen) atoms. The number of aliphatic hydroxyl groups is 4. The summed E-state index contributed by atoms with van der Waals surface area (Å²) < 4.78 is 56.8. The van der Waals surface area contributed by atoms with Gasteiger partial charge < -0.3 is 50.2 Å². The van der Waals surface area contributed by atoms with Crippen LogP contribution in [0.4, 0.5) is 5.82 Å². The lowest BCUT2D eigenvalue weighted by atomic mass is 9.99. The van der Waals surface area contributed by atoms with Crippen LogP contribution in [0, 0.1) is 5.92 Å². The Labute approximate surface area is 470 Å². The highest BCUT2D eigenvalue weighted by atomic mass is 31.3. The number of nitrogens with two attached hydrogens (primary N) is 1. The number of allylic oxidation sites excluding steroid dienone is 6. The Kier molecular flexibility index (Phi) is 39.4. The number of nitrogens with zero attached hydrogens (tertiary/aromatic N) is 2. The van der Waals surface area contributed by atoms with Gasteiger partial charge in [0.15, 0.2) is 12.3 Å². The minimum Gasteiger partial charge on any atom is -0.462 e. The molecule has 22 heteroatoms. The smallest absolute Gasteiger partial charge is 0.462 e. The van der Waals surface area contributed by atoms with Crippen molar-refractivity contribution in [3.8, 4) is 0 Å². The zero-order valence-corrected chi connectivity index (χ0v) is 49.3. The molecule has 0 saturated carbocycles. The van der Waals surface area contributed by atoms with Crippen LogP contribution in [0.1, 0.15) is 213 Å². The monoisotopic (exact) mass is 1160 g/mol. The first-order chi connectivity index (χ1) is 37.9. The SMILES string of the molecule is CCCCC[C@@H](O)/C=C/C=C\C/C=C\C=C\[C@@H](O)CCCC(=O)O[C@H](COC(=O)CCCCCCCCCCCCCCCCCCCCC(C)CC)COP(=O)(O)OP(=O)(O)OC[C@H]1O[C@@H](n2ccc(N)nc2=O)[C@H](O)[C@@H]1O. The summed E-state index contributed by atoms with van der Waals surface area (Å²) in [7, 11) is -11.0. The first-order valence-electron chi connectivity index (χ1n) is 29.3. The number of carbonyl (C=O) groups is 2. The number of phosphoric acid groups is 2. The fourth-order valence-corrected chi connectivity index (χ4v) is 10.8. The molecule has 0 bridgehead atoms. The van der Waals surface area contributed by atoms with Crippen LogP contribution in [0.15, 0.2) is 65.7 Å². The number of carbonyl (C=O) groups excluding carboxylic acids is 2. The molecule has 0 spiro atoms. The number of aliphatic hydroxyl groups excluding tert-OH is 4. The third-order valence-electron chi connectivity index (χ3n) is 13.7. The molecular formula is C57H99N3O17P2. The van der Waals surface area contributed by atoms with Gasteiger partial charge in [-0.25, -0.2) is 13.9 Å². The van der Waals surface area contributed by atoms with Crippen LogP contribution in [-0.2, 0) is 46.3 Å². The summed E-state index contributed by atoms with van der Waals surface area (Å²) in [4.78, 5) is 62.2. The van der Waals surface area contributed by atoms with Crippen LogP contribution in [0.3, 0.4) is 0 Å². The molecule has 0 aromatic carbocycles. The lowest BCUT2D eigenvalue weighted by molar-refractivity contribution is -0.161. The van der Waals surface area contributed by atoms with Gasteiger partial charge in [0.2, 0.25) is 0 Å². The molecule has 20 nitrogen and oxygen atoms in total. The maximum Gasteiger partial charge on any atom is 0.481 e. The van der Waals surface area contributed by atoms with Crippen molar-refractivity contribution in [2.75, 3.05) is 25.6 Å². The van der Waals surface area contributed by atoms with Gasteiger partial charge in [0.05, 0.1) is 25.4 Å². The zero-order valence-electron chi connectivity index (χ0n) is 47.6. The van der Waals surface area contributed by atoms with Crippen LogP contribution in [0.2, 0.25) is 0 Å². The Morgan fingerprint density at radius 2 is 1.20 bits per heavy atom. The van der Waals surface area contributed by atoms with E-state index in [2.05, 4.69) is 30.1 Å². The van der Waals surface area contributed by atoms with E-state index in [1.807, 2.05) is 24.3 Å². The van der Waals surface area contributed by atoms with E-state index in [9.17, 15) is 53.7 Å². The number of aromatic nitrogens is 2. The molecule has 0 aliphatic carbocycles. The molecule has 1 aliphatic rings. The zero-order chi connectivity index (χ0) is 58.2. The van der Waals surface area contributed by atoms with Crippen molar-refractivity contribution in [2.24, 2.45) is 5.92 Å². The lowest BCUT2D eigenvalue weighted by Gasteiger charge is -2.21. The van der Waals surface area contributed by atoms with Gasteiger partial charge in [-0.05, 0) is 44.1 Å². The second kappa shape index (κ2) is 43.3. The van der Waals surface area contributed by atoms with E-state index in [1.165, 1.54) is 102 Å². The molecule has 10 atom stereocenters. The summed E-state index contributed by atoms with van der Waals surface area (Å²) in [5.74, 6) is -0.665. The summed E-state index contributed by atoms with van der Waals surface area (Å²) in [5.41, 5.74) is 4.58. The van der Waals surface area contributed by atoms with Gasteiger partial charge in [-0.15, -0.1) is 0 Å². The van der Waals surface area contributed by atoms with E-state index < -0.39 is 95.9 Å². The van der Waals surface area contributed by atoms with E-state index in [1.54, 1.807) is 24.3 Å². The van der Waals surface area contributed by atoms with Crippen LogP contribution in [0.25, 0.3) is 0 Å². The quantitative estimate of drug-likeness (QED) is 0.0138. The Bertz CT molecular complexity index is 2070. The highest BCUT2D eigenvalue weighted by molar-refractivity contribution is 7.61. The number of esters is 2. The van der Waals surface area contributed by atoms with Gasteiger partial charge in [-0.2, -0.15) is 9.29 Å². The summed E-state index contributed by atoms with van der Waals surface area (Å²) >= 11 is 0. The molecule has 1 aromatic heterocycles. The summed E-state index contributed by atoms with van der Waals surface area (Å²) in [6.07, 6.45) is 35.2. The molecule has 0 radical (unpaired) electrons. The van der Waals surface area contributed by atoms with Crippen molar-refractivity contribution >= 4 is 33.4 Å². The topological polar surface area (TPSA) is 306 Å². The van der Waals surface area contributed by atoms with E-state index >= 15 is 0 Å². The van der Waals surface area contributed by atoms with Gasteiger partial charge >= 0.3 is 33.3 Å². The van der Waals surface area contributed by atoms with Crippen LogP contribution < -0.4 is 11.4 Å². The number of phosphoric ester groups is 2. The number of rotatable bonds is 48. The standard InChI is InChI=1S/C57H99N3O17P2/c1-4-6-28-35-47(61)36-30-25-21-19-22-26-31-37-48(62)38-33-40-53(64)75-49(43-72-52(63)39-32-27-23-18-16-14-12-10-8-7-9-11-13-15-17-20-24-29-34-46(3)5-2)44-73-78(68,69)77-79(70,71)74-45-50-54(65)55(66)56(76-50)60-42-41-51(58)59-57(60)67/h21-22,25-26,30-31,36-37,41-42,46-50,54-56,61-62,65-66H,4-20,23-24,27-29,32-35,38-40,43-45H2,1-3H3,(H,68,69)(H,70,71)(H2,58,59,67)/b25-21-,26-22-,36-30+,37-31+/t46?,47-,48-,49-,50-,54-,55-,56-/m1/s1. The molecule has 1 aromatic rings. The van der Waals surface area contributed by atoms with Gasteiger partial charge in [0.1, 0.15) is 30.7 Å². The molecule has 1 aliphatic heterocycles. The number of hydrogen-bond donors (Lipinski definition) is 7. The van der Waals surface area contributed by atoms with E-state index in [4.69, 9.17) is 29.0 Å². The van der Waals surface area contributed by atoms with E-state index in [-0.39, 0.29) is 31.5 Å².